The van der Waals surface area contributed by atoms with E-state index >= 15 is 0 Å². The molecule has 0 radical (unpaired) electrons. The van der Waals surface area contributed by atoms with Crippen molar-refractivity contribution in [1.29, 1.82) is 0 Å². The third kappa shape index (κ3) is 5.21. The van der Waals surface area contributed by atoms with Crippen molar-refractivity contribution < 1.29 is 9.59 Å². The molecule has 4 aromatic rings. The molecule has 0 unspecified atom stereocenters. The van der Waals surface area contributed by atoms with Crippen molar-refractivity contribution in [2.75, 3.05) is 31.5 Å². The molecule has 0 bridgehead atoms. The molecule has 0 atom stereocenters. The van der Waals surface area contributed by atoms with Crippen molar-refractivity contribution in [3.8, 4) is 5.69 Å². The lowest BCUT2D eigenvalue weighted by Crippen LogP contribution is -2.48. The van der Waals surface area contributed by atoms with Gasteiger partial charge in [0, 0.05) is 38.3 Å². The average Bonchev–Trinajstić information content (AvgIpc) is 3.33. The van der Waals surface area contributed by atoms with Gasteiger partial charge in [0.2, 0.25) is 0 Å². The van der Waals surface area contributed by atoms with E-state index in [0.29, 0.717) is 30.0 Å². The quantitative estimate of drug-likeness (QED) is 0.445. The highest BCUT2D eigenvalue weighted by Crippen LogP contribution is 2.24. The Kier molecular flexibility index (Phi) is 6.91. The second-order valence-electron chi connectivity index (χ2n) is 9.03. The maximum Gasteiger partial charge on any atom is 0.259 e. The van der Waals surface area contributed by atoms with Crippen molar-refractivity contribution >= 4 is 17.6 Å². The molecular weight excluding hydrogens is 450 g/mol. The summed E-state index contributed by atoms with van der Waals surface area (Å²) >= 11 is 0. The van der Waals surface area contributed by atoms with Crippen LogP contribution in [-0.2, 0) is 6.54 Å². The van der Waals surface area contributed by atoms with Crippen LogP contribution in [0.2, 0.25) is 0 Å². The first-order chi connectivity index (χ1) is 17.6. The molecule has 1 saturated heterocycles. The first-order valence-electron chi connectivity index (χ1n) is 12.2. The molecule has 0 aliphatic carbocycles. The fourth-order valence-electron chi connectivity index (χ4n) is 4.48. The van der Waals surface area contributed by atoms with Gasteiger partial charge < -0.3 is 10.2 Å². The smallest absolute Gasteiger partial charge is 0.259 e. The number of rotatable bonds is 6. The first-order valence-corrected chi connectivity index (χ1v) is 12.2. The van der Waals surface area contributed by atoms with Crippen LogP contribution >= 0.6 is 0 Å². The molecule has 1 aromatic heterocycles. The van der Waals surface area contributed by atoms with Crippen LogP contribution in [0.4, 0.5) is 5.82 Å². The minimum atomic E-state index is -0.280. The van der Waals surface area contributed by atoms with E-state index in [4.69, 9.17) is 0 Å². The summed E-state index contributed by atoms with van der Waals surface area (Å²) in [6.07, 6.45) is 1.55. The highest BCUT2D eigenvalue weighted by molar-refractivity contribution is 6.08. The molecule has 1 N–H and O–H groups in total. The Hall–Kier alpha value is -4.23. The van der Waals surface area contributed by atoms with Crippen LogP contribution in [0.15, 0.2) is 91.1 Å². The minimum Gasteiger partial charge on any atom is -0.336 e. The van der Waals surface area contributed by atoms with Crippen LogP contribution < -0.4 is 5.32 Å². The lowest BCUT2D eigenvalue weighted by Gasteiger charge is -2.34. The van der Waals surface area contributed by atoms with E-state index in [-0.39, 0.29) is 11.8 Å². The second kappa shape index (κ2) is 10.6. The minimum absolute atomic E-state index is 0.129. The summed E-state index contributed by atoms with van der Waals surface area (Å²) in [5.74, 6) is -0.0291. The van der Waals surface area contributed by atoms with E-state index in [1.54, 1.807) is 16.9 Å². The van der Waals surface area contributed by atoms with Crippen molar-refractivity contribution in [1.82, 2.24) is 19.6 Å². The van der Waals surface area contributed by atoms with Crippen molar-refractivity contribution in [3.05, 3.63) is 113 Å². The van der Waals surface area contributed by atoms with Crippen LogP contribution in [0.5, 0.6) is 0 Å². The Bertz CT molecular complexity index is 1340. The number of para-hydroxylation sites is 1. The van der Waals surface area contributed by atoms with Gasteiger partial charge in [-0.25, -0.2) is 4.68 Å². The molecule has 1 aliphatic heterocycles. The lowest BCUT2D eigenvalue weighted by molar-refractivity contribution is 0.0629. The van der Waals surface area contributed by atoms with Crippen LogP contribution in [0.1, 0.15) is 31.8 Å². The zero-order valence-corrected chi connectivity index (χ0v) is 20.3. The molecule has 5 rings (SSSR count). The van der Waals surface area contributed by atoms with Crippen molar-refractivity contribution in [2.45, 2.75) is 13.5 Å². The van der Waals surface area contributed by atoms with Gasteiger partial charge in [0.1, 0.15) is 11.4 Å². The van der Waals surface area contributed by atoms with Crippen LogP contribution in [0.3, 0.4) is 0 Å². The van der Waals surface area contributed by atoms with Crippen LogP contribution in [-0.4, -0.2) is 57.6 Å². The fourth-order valence-corrected chi connectivity index (χ4v) is 4.48. The van der Waals surface area contributed by atoms with Crippen LogP contribution in [0, 0.1) is 6.92 Å². The normalized spacial score (nSPS) is 14.0. The predicted molar refractivity (Wildman–Crippen MR) is 140 cm³/mol. The van der Waals surface area contributed by atoms with Gasteiger partial charge in [0.05, 0.1) is 11.9 Å². The molecule has 1 fully saturated rings. The number of amides is 2. The predicted octanol–water partition coefficient (Wildman–Crippen LogP) is 4.39. The third-order valence-corrected chi connectivity index (χ3v) is 6.42. The topological polar surface area (TPSA) is 70.5 Å². The number of hydrogen-bond donors (Lipinski definition) is 1. The number of benzene rings is 3. The van der Waals surface area contributed by atoms with Gasteiger partial charge in [-0.05, 0) is 36.8 Å². The summed E-state index contributed by atoms with van der Waals surface area (Å²) < 4.78 is 1.62. The summed E-state index contributed by atoms with van der Waals surface area (Å²) in [5.41, 5.74) is 3.94. The van der Waals surface area contributed by atoms with Gasteiger partial charge in [-0.3, -0.25) is 14.5 Å². The SMILES string of the molecule is Cc1cccc(C(=O)Nc2c(C(=O)N3CCN(Cc4ccccc4)CC3)cnn2-c2ccccc2)c1. The van der Waals surface area contributed by atoms with E-state index in [2.05, 4.69) is 27.4 Å². The molecule has 1 aliphatic rings. The molecule has 7 nitrogen and oxygen atoms in total. The van der Waals surface area contributed by atoms with Gasteiger partial charge in [0.25, 0.3) is 11.8 Å². The second-order valence-corrected chi connectivity index (χ2v) is 9.03. The van der Waals surface area contributed by atoms with Gasteiger partial charge in [-0.1, -0.05) is 66.2 Å². The highest BCUT2D eigenvalue weighted by Gasteiger charge is 2.27. The summed E-state index contributed by atoms with van der Waals surface area (Å²) in [4.78, 5) is 30.9. The Morgan fingerprint density at radius 2 is 1.56 bits per heavy atom. The van der Waals surface area contributed by atoms with Gasteiger partial charge >= 0.3 is 0 Å². The number of carbonyl (C=O) groups excluding carboxylic acids is 2. The molecule has 0 saturated carbocycles. The number of carbonyl (C=O) groups is 2. The number of anilines is 1. The maximum atomic E-state index is 13.6. The summed E-state index contributed by atoms with van der Waals surface area (Å²) in [6.45, 7) is 5.63. The summed E-state index contributed by atoms with van der Waals surface area (Å²) in [6, 6.07) is 27.2. The molecule has 2 amide bonds. The van der Waals surface area contributed by atoms with Crippen molar-refractivity contribution in [3.63, 3.8) is 0 Å². The lowest BCUT2D eigenvalue weighted by atomic mass is 10.1. The van der Waals surface area contributed by atoms with Gasteiger partial charge in [0.15, 0.2) is 0 Å². The van der Waals surface area contributed by atoms with E-state index in [1.165, 1.54) is 5.56 Å². The third-order valence-electron chi connectivity index (χ3n) is 6.42. The Balaban J connectivity index is 1.36. The fraction of sp³-hybridized carbons (Fsp3) is 0.207. The Labute approximate surface area is 211 Å². The number of piperazine rings is 1. The number of nitrogens with zero attached hydrogens (tertiary/aromatic N) is 4. The van der Waals surface area contributed by atoms with E-state index in [1.807, 2.05) is 78.6 Å². The first kappa shape index (κ1) is 23.5. The molecule has 182 valence electrons. The van der Waals surface area contributed by atoms with Gasteiger partial charge in [-0.15, -0.1) is 0 Å². The molecule has 2 heterocycles. The molecule has 36 heavy (non-hydrogen) atoms. The standard InChI is InChI=1S/C29H29N5O2/c1-22-9-8-12-24(19-22)28(35)31-27-26(20-30-34(27)25-13-6-3-7-14-25)29(36)33-17-15-32(16-18-33)21-23-10-4-2-5-11-23/h2-14,19-20H,15-18,21H2,1H3,(H,31,35). The largest absolute Gasteiger partial charge is 0.336 e. The van der Waals surface area contributed by atoms with E-state index < -0.39 is 0 Å². The maximum absolute atomic E-state index is 13.6. The monoisotopic (exact) mass is 479 g/mol. The number of aryl methyl sites for hydroxylation is 1. The Morgan fingerprint density at radius 3 is 2.25 bits per heavy atom. The molecular formula is C29H29N5O2. The van der Waals surface area contributed by atoms with E-state index in [9.17, 15) is 9.59 Å². The molecule has 3 aromatic carbocycles. The molecule has 7 heteroatoms. The highest BCUT2D eigenvalue weighted by atomic mass is 16.2. The summed E-state index contributed by atoms with van der Waals surface area (Å²) in [7, 11) is 0. The zero-order valence-electron chi connectivity index (χ0n) is 20.3. The Morgan fingerprint density at radius 1 is 0.861 bits per heavy atom. The zero-order chi connectivity index (χ0) is 24.9. The average molecular weight is 480 g/mol. The van der Waals surface area contributed by atoms with Gasteiger partial charge in [-0.2, -0.15) is 5.10 Å². The number of aromatic nitrogens is 2. The van der Waals surface area contributed by atoms with Crippen LogP contribution in [0.25, 0.3) is 5.69 Å². The number of hydrogen-bond acceptors (Lipinski definition) is 4. The van der Waals surface area contributed by atoms with Crippen molar-refractivity contribution in [2.24, 2.45) is 0 Å². The number of nitrogens with one attached hydrogen (secondary N) is 1. The molecule has 0 spiro atoms. The van der Waals surface area contributed by atoms with E-state index in [0.717, 1.165) is 30.9 Å². The summed E-state index contributed by atoms with van der Waals surface area (Å²) in [5, 5.41) is 7.45.